The molecule has 0 amide bonds. The van der Waals surface area contributed by atoms with Gasteiger partial charge >= 0.3 is 6.01 Å². The topological polar surface area (TPSA) is 79.6 Å². The van der Waals surface area contributed by atoms with Gasteiger partial charge in [0, 0.05) is 21.8 Å². The summed E-state index contributed by atoms with van der Waals surface area (Å²) in [6, 6.07) is 5.31. The second kappa shape index (κ2) is 4.91. The third-order valence-electron chi connectivity index (χ3n) is 2.30. The lowest BCUT2D eigenvalue weighted by atomic mass is 10.2. The SMILES string of the molecule is Clc1cc(Cl)cc(-c2noc(Nc3cn[nH]c3)n2)c1. The van der Waals surface area contributed by atoms with Gasteiger partial charge < -0.3 is 9.84 Å². The van der Waals surface area contributed by atoms with E-state index in [2.05, 4.69) is 25.7 Å². The highest BCUT2D eigenvalue weighted by Crippen LogP contribution is 2.26. The van der Waals surface area contributed by atoms with E-state index in [1.807, 2.05) is 0 Å². The molecule has 3 rings (SSSR count). The average Bonchev–Trinajstić information content (AvgIpc) is 2.99. The van der Waals surface area contributed by atoms with Gasteiger partial charge in [0.25, 0.3) is 0 Å². The van der Waals surface area contributed by atoms with E-state index in [1.165, 1.54) is 0 Å². The van der Waals surface area contributed by atoms with Crippen LogP contribution >= 0.6 is 23.2 Å². The summed E-state index contributed by atoms with van der Waals surface area (Å²) in [6.07, 6.45) is 3.26. The highest BCUT2D eigenvalue weighted by molar-refractivity contribution is 6.35. The van der Waals surface area contributed by atoms with Crippen molar-refractivity contribution in [3.63, 3.8) is 0 Å². The summed E-state index contributed by atoms with van der Waals surface area (Å²) in [5, 5.41) is 14.2. The number of hydrogen-bond donors (Lipinski definition) is 2. The first kappa shape index (κ1) is 12.0. The lowest BCUT2D eigenvalue weighted by Crippen LogP contribution is -1.88. The second-order valence-corrected chi connectivity index (χ2v) is 4.57. The molecule has 0 saturated heterocycles. The van der Waals surface area contributed by atoms with E-state index in [-0.39, 0.29) is 6.01 Å². The maximum Gasteiger partial charge on any atom is 0.326 e. The Kier molecular flexibility index (Phi) is 3.10. The molecular weight excluding hydrogens is 289 g/mol. The fourth-order valence-electron chi connectivity index (χ4n) is 1.52. The molecule has 6 nitrogen and oxygen atoms in total. The molecule has 0 unspecified atom stereocenters. The molecule has 3 aromatic rings. The molecule has 0 fully saturated rings. The summed E-state index contributed by atoms with van der Waals surface area (Å²) in [5.74, 6) is 0.399. The van der Waals surface area contributed by atoms with E-state index in [0.717, 1.165) is 5.69 Å². The monoisotopic (exact) mass is 295 g/mol. The van der Waals surface area contributed by atoms with Crippen molar-refractivity contribution < 1.29 is 4.52 Å². The smallest absolute Gasteiger partial charge is 0.315 e. The third kappa shape index (κ3) is 2.69. The number of benzene rings is 1. The number of aromatic amines is 1. The number of H-pyrrole nitrogens is 1. The molecule has 0 saturated carbocycles. The Morgan fingerprint density at radius 1 is 1.16 bits per heavy atom. The van der Waals surface area contributed by atoms with Gasteiger partial charge in [-0.1, -0.05) is 28.4 Å². The van der Waals surface area contributed by atoms with E-state index in [0.29, 0.717) is 21.4 Å². The Hall–Kier alpha value is -2.05. The number of rotatable bonds is 3. The molecule has 8 heteroatoms. The summed E-state index contributed by atoms with van der Waals surface area (Å²) in [6.45, 7) is 0. The summed E-state index contributed by atoms with van der Waals surface area (Å²) in [5.41, 5.74) is 1.40. The van der Waals surface area contributed by atoms with Crippen molar-refractivity contribution in [3.05, 3.63) is 40.6 Å². The van der Waals surface area contributed by atoms with Crippen LogP contribution in [0.2, 0.25) is 10.0 Å². The Morgan fingerprint density at radius 2 is 1.95 bits per heavy atom. The van der Waals surface area contributed by atoms with Crippen LogP contribution in [0, 0.1) is 0 Å². The molecule has 2 N–H and O–H groups in total. The van der Waals surface area contributed by atoms with Crippen LogP contribution in [0.1, 0.15) is 0 Å². The van der Waals surface area contributed by atoms with Crippen molar-refractivity contribution in [2.24, 2.45) is 0 Å². The van der Waals surface area contributed by atoms with Crippen LogP contribution < -0.4 is 5.32 Å². The molecule has 19 heavy (non-hydrogen) atoms. The van der Waals surface area contributed by atoms with Gasteiger partial charge in [-0.2, -0.15) is 10.1 Å². The number of nitrogens with zero attached hydrogens (tertiary/aromatic N) is 3. The molecular formula is C11H7Cl2N5O. The number of anilines is 2. The van der Waals surface area contributed by atoms with Crippen LogP contribution in [0.5, 0.6) is 0 Å². The van der Waals surface area contributed by atoms with Crippen molar-refractivity contribution in [2.45, 2.75) is 0 Å². The molecule has 0 radical (unpaired) electrons. The molecule has 0 spiro atoms. The number of nitrogens with one attached hydrogen (secondary N) is 2. The maximum atomic E-state index is 5.92. The van der Waals surface area contributed by atoms with Crippen molar-refractivity contribution in [1.29, 1.82) is 0 Å². The van der Waals surface area contributed by atoms with E-state index in [1.54, 1.807) is 30.6 Å². The van der Waals surface area contributed by atoms with Crippen LogP contribution in [0.15, 0.2) is 35.1 Å². The molecule has 0 bridgehead atoms. The van der Waals surface area contributed by atoms with E-state index >= 15 is 0 Å². The van der Waals surface area contributed by atoms with E-state index in [9.17, 15) is 0 Å². The van der Waals surface area contributed by atoms with Crippen molar-refractivity contribution in [2.75, 3.05) is 5.32 Å². The van der Waals surface area contributed by atoms with Gasteiger partial charge in [-0.15, -0.1) is 0 Å². The first-order valence-corrected chi connectivity index (χ1v) is 6.02. The van der Waals surface area contributed by atoms with Crippen LogP contribution in [-0.2, 0) is 0 Å². The van der Waals surface area contributed by atoms with Gasteiger partial charge in [0.15, 0.2) is 0 Å². The maximum absolute atomic E-state index is 5.92. The minimum absolute atomic E-state index is 0.257. The van der Waals surface area contributed by atoms with Gasteiger partial charge in [-0.05, 0) is 18.2 Å². The Bertz CT molecular complexity index is 675. The first-order chi connectivity index (χ1) is 9.20. The van der Waals surface area contributed by atoms with Gasteiger partial charge in [0.1, 0.15) is 0 Å². The highest BCUT2D eigenvalue weighted by atomic mass is 35.5. The minimum Gasteiger partial charge on any atom is -0.315 e. The summed E-state index contributed by atoms with van der Waals surface area (Å²) in [4.78, 5) is 4.19. The highest BCUT2D eigenvalue weighted by Gasteiger charge is 2.10. The fraction of sp³-hybridized carbons (Fsp3) is 0. The zero-order chi connectivity index (χ0) is 13.2. The third-order valence-corrected chi connectivity index (χ3v) is 2.73. The molecule has 0 aliphatic rings. The van der Waals surface area contributed by atoms with Crippen LogP contribution in [0.4, 0.5) is 11.7 Å². The number of halogens is 2. The van der Waals surface area contributed by atoms with E-state index in [4.69, 9.17) is 27.7 Å². The first-order valence-electron chi connectivity index (χ1n) is 5.27. The quantitative estimate of drug-likeness (QED) is 0.773. The van der Waals surface area contributed by atoms with Gasteiger partial charge in [0.2, 0.25) is 5.82 Å². The Balaban J connectivity index is 1.88. The molecule has 96 valence electrons. The van der Waals surface area contributed by atoms with Gasteiger partial charge in [0.05, 0.1) is 11.9 Å². The summed E-state index contributed by atoms with van der Waals surface area (Å²) >= 11 is 11.8. The van der Waals surface area contributed by atoms with Gasteiger partial charge in [-0.3, -0.25) is 5.10 Å². The second-order valence-electron chi connectivity index (χ2n) is 3.69. The Labute approximate surface area is 117 Å². The molecule has 0 aliphatic heterocycles. The molecule has 2 aromatic heterocycles. The predicted molar refractivity (Wildman–Crippen MR) is 71.6 cm³/mol. The summed E-state index contributed by atoms with van der Waals surface area (Å²) < 4.78 is 5.07. The number of hydrogen-bond acceptors (Lipinski definition) is 5. The Morgan fingerprint density at radius 3 is 2.63 bits per heavy atom. The lowest BCUT2D eigenvalue weighted by molar-refractivity contribution is 0.435. The zero-order valence-electron chi connectivity index (χ0n) is 9.39. The summed E-state index contributed by atoms with van der Waals surface area (Å²) in [7, 11) is 0. The van der Waals surface area contributed by atoms with Crippen molar-refractivity contribution >= 4 is 34.9 Å². The minimum atomic E-state index is 0.257. The number of aromatic nitrogens is 4. The molecule has 0 atom stereocenters. The average molecular weight is 296 g/mol. The largest absolute Gasteiger partial charge is 0.326 e. The molecule has 2 heterocycles. The van der Waals surface area contributed by atoms with Crippen LogP contribution in [0.25, 0.3) is 11.4 Å². The molecule has 1 aromatic carbocycles. The predicted octanol–water partition coefficient (Wildman–Crippen LogP) is 3.51. The lowest BCUT2D eigenvalue weighted by Gasteiger charge is -1.97. The van der Waals surface area contributed by atoms with Gasteiger partial charge in [-0.25, -0.2) is 0 Å². The van der Waals surface area contributed by atoms with Crippen LogP contribution in [-0.4, -0.2) is 20.3 Å². The fourth-order valence-corrected chi connectivity index (χ4v) is 2.04. The van der Waals surface area contributed by atoms with Crippen molar-refractivity contribution in [1.82, 2.24) is 20.3 Å². The normalized spacial score (nSPS) is 10.6. The molecule has 0 aliphatic carbocycles. The van der Waals surface area contributed by atoms with Crippen molar-refractivity contribution in [3.8, 4) is 11.4 Å². The zero-order valence-corrected chi connectivity index (χ0v) is 10.9. The standard InChI is InChI=1S/C11H7Cl2N5O/c12-7-1-6(2-8(13)3-7)10-17-11(19-18-10)16-9-4-14-15-5-9/h1-5H,(H,14,15)(H,16,17,18). The van der Waals surface area contributed by atoms with Crippen LogP contribution in [0.3, 0.4) is 0 Å². The van der Waals surface area contributed by atoms with E-state index < -0.39 is 0 Å².